The van der Waals surface area contributed by atoms with E-state index in [0.717, 1.165) is 22.9 Å². The highest BCUT2D eigenvalue weighted by Crippen LogP contribution is 2.32. The van der Waals surface area contributed by atoms with Crippen molar-refractivity contribution in [3.63, 3.8) is 0 Å². The van der Waals surface area contributed by atoms with Gasteiger partial charge in [-0.1, -0.05) is 42.5 Å². The Balaban J connectivity index is 2.08. The number of anilines is 1. The maximum absolute atomic E-state index is 14.1. The second kappa shape index (κ2) is 9.82. The summed E-state index contributed by atoms with van der Waals surface area (Å²) in [6.07, 6.45) is 0. The number of hydrogen-bond donors (Lipinski definition) is 1. The summed E-state index contributed by atoms with van der Waals surface area (Å²) >= 11 is 1.08. The van der Waals surface area contributed by atoms with E-state index in [2.05, 4.69) is 5.32 Å². The van der Waals surface area contributed by atoms with Crippen LogP contribution in [0, 0.1) is 31.0 Å². The van der Waals surface area contributed by atoms with Crippen molar-refractivity contribution in [1.82, 2.24) is 0 Å². The number of aryl methyl sites for hydroxylation is 2. The zero-order valence-electron chi connectivity index (χ0n) is 17.1. The summed E-state index contributed by atoms with van der Waals surface area (Å²) in [6, 6.07) is 21.7. The third kappa shape index (κ3) is 5.54. The van der Waals surface area contributed by atoms with Crippen LogP contribution in [0.15, 0.2) is 87.6 Å². The van der Waals surface area contributed by atoms with Gasteiger partial charge in [0.2, 0.25) is 9.84 Å². The highest BCUT2D eigenvalue weighted by molar-refractivity contribution is 8.04. The highest BCUT2D eigenvalue weighted by Gasteiger charge is 2.25. The van der Waals surface area contributed by atoms with Crippen LogP contribution in [0.2, 0.25) is 0 Å². The molecular weight excluding hydrogens is 431 g/mol. The molecule has 158 valence electrons. The maximum atomic E-state index is 14.1. The molecule has 0 heterocycles. The Bertz CT molecular complexity index is 1240. The van der Waals surface area contributed by atoms with Crippen molar-refractivity contribution < 1.29 is 12.8 Å². The van der Waals surface area contributed by atoms with Crippen molar-refractivity contribution in [2.75, 3.05) is 5.32 Å². The van der Waals surface area contributed by atoms with Gasteiger partial charge in [0.25, 0.3) is 0 Å². The molecule has 0 bridgehead atoms. The van der Waals surface area contributed by atoms with E-state index in [1.807, 2.05) is 38.1 Å². The van der Waals surface area contributed by atoms with Gasteiger partial charge in [0.15, 0.2) is 4.91 Å². The first kappa shape index (κ1) is 22.6. The first-order valence-corrected chi connectivity index (χ1v) is 11.9. The third-order valence-corrected chi connectivity index (χ3v) is 7.34. The van der Waals surface area contributed by atoms with Crippen LogP contribution in [0.3, 0.4) is 0 Å². The number of allylic oxidation sites excluding steroid dienone is 1. The second-order valence-corrected chi connectivity index (χ2v) is 9.84. The van der Waals surface area contributed by atoms with Crippen molar-refractivity contribution in [3.8, 4) is 6.07 Å². The van der Waals surface area contributed by atoms with Crippen molar-refractivity contribution >= 4 is 27.3 Å². The van der Waals surface area contributed by atoms with Gasteiger partial charge in [-0.15, -0.1) is 11.8 Å². The van der Waals surface area contributed by atoms with E-state index < -0.39 is 14.7 Å². The number of rotatable bonds is 7. The number of halogens is 1. The number of sulfone groups is 1. The molecule has 0 saturated heterocycles. The van der Waals surface area contributed by atoms with Crippen LogP contribution in [0.25, 0.3) is 0 Å². The number of thioether (sulfide) groups is 1. The molecule has 3 aromatic rings. The Hall–Kier alpha value is -3.08. The summed E-state index contributed by atoms with van der Waals surface area (Å²) in [5, 5.41) is 13.1. The van der Waals surface area contributed by atoms with E-state index >= 15 is 0 Å². The average Bonchev–Trinajstić information content (AvgIpc) is 2.73. The molecule has 0 fully saturated rings. The van der Waals surface area contributed by atoms with Gasteiger partial charge in [-0.3, -0.25) is 0 Å². The van der Waals surface area contributed by atoms with Gasteiger partial charge >= 0.3 is 0 Å². The van der Waals surface area contributed by atoms with Gasteiger partial charge in [0.1, 0.15) is 16.9 Å². The van der Waals surface area contributed by atoms with Crippen LogP contribution in [-0.2, 0) is 15.6 Å². The molecule has 0 aliphatic rings. The normalized spacial score (nSPS) is 12.1. The molecule has 1 N–H and O–H groups in total. The molecule has 0 saturated carbocycles. The number of benzene rings is 3. The predicted octanol–water partition coefficient (Wildman–Crippen LogP) is 5.95. The SMILES string of the molecule is Cc1cc(C)cc(N/C(SCc2ccccc2F)=C(/C#N)S(=O)(=O)c2ccccc2)c1. The summed E-state index contributed by atoms with van der Waals surface area (Å²) in [6.45, 7) is 3.86. The molecule has 4 nitrogen and oxygen atoms in total. The van der Waals surface area contributed by atoms with E-state index in [1.165, 1.54) is 18.2 Å². The monoisotopic (exact) mass is 452 g/mol. The van der Waals surface area contributed by atoms with Crippen molar-refractivity contribution in [1.29, 1.82) is 5.26 Å². The molecule has 0 spiro atoms. The van der Waals surface area contributed by atoms with Crippen LogP contribution in [0.5, 0.6) is 0 Å². The first-order valence-electron chi connectivity index (χ1n) is 9.47. The Morgan fingerprint density at radius 1 is 1.00 bits per heavy atom. The highest BCUT2D eigenvalue weighted by atomic mass is 32.2. The first-order chi connectivity index (χ1) is 14.8. The van der Waals surface area contributed by atoms with Crippen molar-refractivity contribution in [2.45, 2.75) is 24.5 Å². The zero-order valence-corrected chi connectivity index (χ0v) is 18.7. The van der Waals surface area contributed by atoms with E-state index in [-0.39, 0.29) is 21.5 Å². The molecule has 0 aliphatic heterocycles. The number of nitriles is 1. The molecule has 3 rings (SSSR count). The fourth-order valence-corrected chi connectivity index (χ4v) is 5.63. The van der Waals surface area contributed by atoms with Crippen molar-refractivity contribution in [3.05, 3.63) is 105 Å². The third-order valence-electron chi connectivity index (χ3n) is 4.44. The molecule has 31 heavy (non-hydrogen) atoms. The molecule has 0 atom stereocenters. The topological polar surface area (TPSA) is 70.0 Å². The molecule has 0 amide bonds. The van der Waals surface area contributed by atoms with Crippen LogP contribution >= 0.6 is 11.8 Å². The fourth-order valence-electron chi connectivity index (χ4n) is 3.05. The summed E-state index contributed by atoms with van der Waals surface area (Å²) in [5.74, 6) is -0.222. The van der Waals surface area contributed by atoms with Gasteiger partial charge < -0.3 is 5.32 Å². The van der Waals surface area contributed by atoms with Crippen LogP contribution < -0.4 is 5.32 Å². The minimum absolute atomic E-state index is 0.0257. The van der Waals surface area contributed by atoms with E-state index in [0.29, 0.717) is 11.3 Å². The average molecular weight is 453 g/mol. The minimum atomic E-state index is -4.06. The van der Waals surface area contributed by atoms with E-state index in [4.69, 9.17) is 0 Å². The van der Waals surface area contributed by atoms with Gasteiger partial charge in [-0.25, -0.2) is 12.8 Å². The van der Waals surface area contributed by atoms with Crippen LogP contribution in [0.1, 0.15) is 16.7 Å². The second-order valence-electron chi connectivity index (χ2n) is 6.97. The van der Waals surface area contributed by atoms with Gasteiger partial charge in [0, 0.05) is 11.4 Å². The minimum Gasteiger partial charge on any atom is -0.349 e. The van der Waals surface area contributed by atoms with Gasteiger partial charge in [0.05, 0.1) is 4.90 Å². The number of nitrogens with one attached hydrogen (secondary N) is 1. The zero-order chi connectivity index (χ0) is 22.4. The van der Waals surface area contributed by atoms with E-state index in [9.17, 15) is 18.1 Å². The lowest BCUT2D eigenvalue weighted by molar-refractivity contribution is 0.603. The standard InChI is InChI=1S/C24H21FN2O2S2/c1-17-12-18(2)14-20(13-17)27-24(30-16-19-8-6-7-11-22(19)25)23(15-26)31(28,29)21-9-4-3-5-10-21/h3-14,27H,16H2,1-2H3/b24-23+. The van der Waals surface area contributed by atoms with Gasteiger partial charge in [-0.05, 0) is 60.9 Å². The summed E-state index contributed by atoms with van der Waals surface area (Å²) in [4.78, 5) is -0.378. The van der Waals surface area contributed by atoms with E-state index in [1.54, 1.807) is 36.4 Å². The molecule has 0 radical (unpaired) electrons. The Kier molecular flexibility index (Phi) is 7.16. The van der Waals surface area contributed by atoms with Crippen LogP contribution in [0.4, 0.5) is 10.1 Å². The Morgan fingerprint density at radius 3 is 2.23 bits per heavy atom. The lowest BCUT2D eigenvalue weighted by Gasteiger charge is -2.15. The Labute approximate surface area is 186 Å². The van der Waals surface area contributed by atoms with Crippen LogP contribution in [-0.4, -0.2) is 8.42 Å². The summed E-state index contributed by atoms with van der Waals surface area (Å²) in [5.41, 5.74) is 3.06. The van der Waals surface area contributed by atoms with Crippen molar-refractivity contribution in [2.24, 2.45) is 0 Å². The lowest BCUT2D eigenvalue weighted by atomic mass is 10.1. The smallest absolute Gasteiger partial charge is 0.219 e. The largest absolute Gasteiger partial charge is 0.349 e. The summed E-state index contributed by atoms with van der Waals surface area (Å²) < 4.78 is 40.5. The molecule has 3 aromatic carbocycles. The molecule has 0 aromatic heterocycles. The molecular formula is C24H21FN2O2S2. The molecule has 0 unspecified atom stereocenters. The maximum Gasteiger partial charge on any atom is 0.219 e. The quantitative estimate of drug-likeness (QED) is 0.448. The number of nitrogens with zero attached hydrogens (tertiary/aromatic N) is 1. The predicted molar refractivity (Wildman–Crippen MR) is 124 cm³/mol. The number of hydrogen-bond acceptors (Lipinski definition) is 5. The lowest BCUT2D eigenvalue weighted by Crippen LogP contribution is -2.10. The summed E-state index contributed by atoms with van der Waals surface area (Å²) in [7, 11) is -4.06. The Morgan fingerprint density at radius 2 is 1.61 bits per heavy atom. The van der Waals surface area contributed by atoms with Gasteiger partial charge in [-0.2, -0.15) is 5.26 Å². The molecule has 7 heteroatoms. The molecule has 0 aliphatic carbocycles. The fraction of sp³-hybridized carbons (Fsp3) is 0.125.